The number of ketones is 2. The molecule has 3 aliphatic rings. The first-order chi connectivity index (χ1) is 16.6. The van der Waals surface area contributed by atoms with E-state index in [0.29, 0.717) is 6.42 Å². The second-order valence-corrected chi connectivity index (χ2v) is 17.2. The first-order valence-electron chi connectivity index (χ1n) is 12.1. The number of hydrogen-bond acceptors (Lipinski definition) is 8. The van der Waals surface area contributed by atoms with Crippen molar-refractivity contribution in [1.29, 1.82) is 0 Å². The topological polar surface area (TPSA) is 161 Å². The number of amides is 1. The molecule has 1 saturated carbocycles. The summed E-state index contributed by atoms with van der Waals surface area (Å²) >= 11 is 0. The van der Waals surface area contributed by atoms with Gasteiger partial charge in [-0.25, -0.2) is 0 Å². The largest absolute Gasteiger partial charge is 0.508 e. The average molecular weight is 515 g/mol. The average Bonchev–Trinajstić information content (AvgIpc) is 2.74. The highest BCUT2D eigenvalue weighted by Crippen LogP contribution is 2.53. The van der Waals surface area contributed by atoms with Crippen LogP contribution in [0.25, 0.3) is 5.76 Å². The number of likely N-dealkylation sites (N-methyl/N-ethyl adjacent to an activating group) is 1. The van der Waals surface area contributed by atoms with Gasteiger partial charge < -0.3 is 26.2 Å². The van der Waals surface area contributed by atoms with Crippen LogP contribution in [0.5, 0.6) is 5.75 Å². The Morgan fingerprint density at radius 2 is 1.81 bits per heavy atom. The number of benzene rings is 1. The number of fused-ring (bicyclic) bond motifs is 3. The summed E-state index contributed by atoms with van der Waals surface area (Å²) in [5, 5.41) is 44.4. The highest BCUT2D eigenvalue weighted by atomic mass is 28.3. The number of nitrogens with two attached hydrogens (primary N) is 1. The van der Waals surface area contributed by atoms with E-state index in [4.69, 9.17) is 5.73 Å². The van der Waals surface area contributed by atoms with Gasteiger partial charge >= 0.3 is 0 Å². The van der Waals surface area contributed by atoms with Crippen LogP contribution in [0.4, 0.5) is 0 Å². The maximum absolute atomic E-state index is 13.8. The van der Waals surface area contributed by atoms with Gasteiger partial charge in [0.1, 0.15) is 22.8 Å². The van der Waals surface area contributed by atoms with Crippen molar-refractivity contribution < 1.29 is 34.8 Å². The van der Waals surface area contributed by atoms with Crippen molar-refractivity contribution in [1.82, 2.24) is 4.90 Å². The zero-order valence-electron chi connectivity index (χ0n) is 21.3. The standard InChI is InChI=1S/C26H34N2O7Si/c1-28(2)20-15-11-13-10-14-12(8-9-36(3,4)5)6-7-16(29)18(14)21(30)17(13)23(32)26(15,35)24(33)19(22(20)31)25(27)34/h6-7,13,15,20,29-30,33,35H,8-11H2,1-5H3,(H2,27,34)/t13?,15?,20-,26-/m0/s1. The molecule has 4 atom stereocenters. The van der Waals surface area contributed by atoms with Crippen LogP contribution in [0.15, 0.2) is 29.0 Å². The summed E-state index contributed by atoms with van der Waals surface area (Å²) in [4.78, 5) is 40.5. The van der Waals surface area contributed by atoms with Crippen molar-refractivity contribution in [3.05, 3.63) is 45.7 Å². The fourth-order valence-electron chi connectivity index (χ4n) is 6.05. The Hall–Kier alpha value is -2.95. The van der Waals surface area contributed by atoms with Gasteiger partial charge in [0, 0.05) is 19.6 Å². The number of aromatic hydroxyl groups is 1. The minimum Gasteiger partial charge on any atom is -0.508 e. The van der Waals surface area contributed by atoms with Crippen molar-refractivity contribution in [2.45, 2.75) is 56.6 Å². The second-order valence-electron chi connectivity index (χ2n) is 11.6. The maximum Gasteiger partial charge on any atom is 0.255 e. The monoisotopic (exact) mass is 514 g/mol. The molecule has 9 nitrogen and oxygen atoms in total. The predicted octanol–water partition coefficient (Wildman–Crippen LogP) is 1.84. The molecular weight excluding hydrogens is 480 g/mol. The Balaban J connectivity index is 1.91. The fraction of sp³-hybridized carbons (Fsp3) is 0.500. The summed E-state index contributed by atoms with van der Waals surface area (Å²) < 4.78 is 0. The zero-order chi connectivity index (χ0) is 26.9. The number of Topliss-reactive ketones (excluding diaryl/α,β-unsaturated/α-hetero) is 2. The third-order valence-electron chi connectivity index (χ3n) is 7.85. The normalized spacial score (nSPS) is 28.2. The van der Waals surface area contributed by atoms with E-state index < -0.39 is 66.1 Å². The number of aliphatic hydroxyl groups is 3. The van der Waals surface area contributed by atoms with Crippen LogP contribution in [0, 0.1) is 11.8 Å². The van der Waals surface area contributed by atoms with E-state index in [9.17, 15) is 34.8 Å². The predicted molar refractivity (Wildman–Crippen MR) is 136 cm³/mol. The molecule has 0 heterocycles. The summed E-state index contributed by atoms with van der Waals surface area (Å²) in [6.07, 6.45) is 1.18. The molecule has 1 fully saturated rings. The smallest absolute Gasteiger partial charge is 0.255 e. The van der Waals surface area contributed by atoms with Gasteiger partial charge in [0.25, 0.3) is 5.91 Å². The van der Waals surface area contributed by atoms with Crippen LogP contribution in [0.1, 0.15) is 23.1 Å². The molecule has 1 amide bonds. The molecule has 0 spiro atoms. The van der Waals surface area contributed by atoms with Gasteiger partial charge in [0.2, 0.25) is 5.78 Å². The number of carbonyl (C=O) groups excluding carboxylic acids is 3. The van der Waals surface area contributed by atoms with Crippen molar-refractivity contribution >= 4 is 31.3 Å². The number of aryl methyl sites for hydroxylation is 1. The fourth-order valence-corrected chi connectivity index (χ4v) is 7.07. The maximum atomic E-state index is 13.8. The van der Waals surface area contributed by atoms with E-state index in [1.807, 2.05) is 6.07 Å². The molecule has 1 aromatic carbocycles. The summed E-state index contributed by atoms with van der Waals surface area (Å²) in [5.74, 6) is -6.33. The van der Waals surface area contributed by atoms with Crippen molar-refractivity contribution in [3.8, 4) is 5.75 Å². The van der Waals surface area contributed by atoms with Crippen LogP contribution in [0.2, 0.25) is 25.7 Å². The Morgan fingerprint density at radius 3 is 2.36 bits per heavy atom. The lowest BCUT2D eigenvalue weighted by molar-refractivity contribution is -0.153. The molecule has 4 rings (SSSR count). The van der Waals surface area contributed by atoms with Crippen molar-refractivity contribution in [3.63, 3.8) is 0 Å². The van der Waals surface area contributed by atoms with Gasteiger partial charge in [-0.1, -0.05) is 31.8 Å². The molecule has 194 valence electrons. The molecule has 0 saturated heterocycles. The quantitative estimate of drug-likeness (QED) is 0.294. The third-order valence-corrected chi connectivity index (χ3v) is 9.60. The molecule has 0 aliphatic heterocycles. The van der Waals surface area contributed by atoms with E-state index in [2.05, 4.69) is 19.6 Å². The number of hydrogen-bond donors (Lipinski definition) is 5. The van der Waals surface area contributed by atoms with Crippen LogP contribution in [-0.2, 0) is 27.2 Å². The number of phenols is 1. The Morgan fingerprint density at radius 1 is 1.17 bits per heavy atom. The molecule has 6 N–H and O–H groups in total. The van der Waals surface area contributed by atoms with Crippen LogP contribution in [-0.4, -0.2) is 76.6 Å². The van der Waals surface area contributed by atoms with Gasteiger partial charge in [-0.05, 0) is 56.5 Å². The molecule has 0 bridgehead atoms. The summed E-state index contributed by atoms with van der Waals surface area (Å²) in [6, 6.07) is 3.25. The Kier molecular flexibility index (Phi) is 6.22. The lowest BCUT2D eigenvalue weighted by atomic mass is 9.57. The minimum atomic E-state index is -2.62. The summed E-state index contributed by atoms with van der Waals surface area (Å²) in [5.41, 5.74) is 3.67. The molecular formula is C26H34N2O7Si. The molecule has 0 aromatic heterocycles. The number of phenolic OH excluding ortho intramolecular Hbond substituents is 1. The third kappa shape index (κ3) is 3.79. The van der Waals surface area contributed by atoms with Gasteiger partial charge in [0.05, 0.1) is 11.6 Å². The van der Waals surface area contributed by atoms with Crippen LogP contribution in [0.3, 0.4) is 0 Å². The first-order valence-corrected chi connectivity index (χ1v) is 15.8. The van der Waals surface area contributed by atoms with Crippen molar-refractivity contribution in [2.24, 2.45) is 17.6 Å². The lowest BCUT2D eigenvalue weighted by Gasteiger charge is -2.50. The molecule has 10 heteroatoms. The van der Waals surface area contributed by atoms with Gasteiger partial charge in [-0.2, -0.15) is 0 Å². The van der Waals surface area contributed by atoms with Gasteiger partial charge in [0.15, 0.2) is 11.4 Å². The highest BCUT2D eigenvalue weighted by Gasteiger charge is 2.64. The summed E-state index contributed by atoms with van der Waals surface area (Å²) in [6.45, 7) is 6.79. The van der Waals surface area contributed by atoms with E-state index in [1.165, 1.54) is 11.0 Å². The SMILES string of the molecule is CN(C)[C@@H]1C(=O)C(C(N)=O)=C(O)[C@@]2(O)C(=O)C3=C(O)c4c(O)ccc(CC[Si](C)(C)C)c4CC3CC12. The number of carbonyl (C=O) groups is 3. The lowest BCUT2D eigenvalue weighted by Crippen LogP contribution is -2.65. The molecule has 2 unspecified atom stereocenters. The van der Waals surface area contributed by atoms with Crippen LogP contribution < -0.4 is 5.73 Å². The zero-order valence-corrected chi connectivity index (χ0v) is 22.3. The van der Waals surface area contributed by atoms with Crippen LogP contribution >= 0.6 is 0 Å². The van der Waals surface area contributed by atoms with E-state index >= 15 is 0 Å². The van der Waals surface area contributed by atoms with E-state index in [-0.39, 0.29) is 23.3 Å². The first kappa shape index (κ1) is 26.1. The number of nitrogens with zero attached hydrogens (tertiary/aromatic N) is 1. The molecule has 3 aliphatic carbocycles. The van der Waals surface area contributed by atoms with E-state index in [1.54, 1.807) is 14.1 Å². The number of aliphatic hydroxyl groups excluding tert-OH is 2. The Bertz CT molecular complexity index is 1240. The van der Waals surface area contributed by atoms with E-state index in [0.717, 1.165) is 23.6 Å². The molecule has 1 aromatic rings. The summed E-state index contributed by atoms with van der Waals surface area (Å²) in [7, 11) is 1.78. The minimum absolute atomic E-state index is 0.0921. The highest BCUT2D eigenvalue weighted by molar-refractivity contribution is 6.76. The molecule has 0 radical (unpaired) electrons. The van der Waals surface area contributed by atoms with Gasteiger partial charge in [-0.15, -0.1) is 0 Å². The Labute approximate surface area is 210 Å². The number of rotatable bonds is 5. The number of primary amides is 1. The molecule has 36 heavy (non-hydrogen) atoms. The van der Waals surface area contributed by atoms with Crippen molar-refractivity contribution in [2.75, 3.05) is 14.1 Å². The second kappa shape index (κ2) is 8.57. The van der Waals surface area contributed by atoms with Gasteiger partial charge in [-0.3, -0.25) is 19.3 Å².